The highest BCUT2D eigenvalue weighted by molar-refractivity contribution is 7.13. The molecule has 2 aromatic heterocycles. The molecule has 2 heterocycles. The molecule has 0 amide bonds. The van der Waals surface area contributed by atoms with E-state index in [1.165, 1.54) is 16.0 Å². The van der Waals surface area contributed by atoms with E-state index in [0.717, 1.165) is 17.0 Å². The summed E-state index contributed by atoms with van der Waals surface area (Å²) in [5.41, 5.74) is 6.94. The molecule has 0 fully saturated rings. The molecule has 0 spiro atoms. The zero-order chi connectivity index (χ0) is 15.1. The van der Waals surface area contributed by atoms with Crippen LogP contribution in [0.1, 0.15) is 0 Å². The number of nitrogens with zero attached hydrogens (tertiary/aromatic N) is 2. The molecule has 2 N–H and O–H groups in total. The molecule has 1 aromatic carbocycles. The van der Waals surface area contributed by atoms with Gasteiger partial charge in [-0.25, -0.2) is 8.78 Å². The third-order valence-corrected chi connectivity index (χ3v) is 4.30. The first-order valence-electron chi connectivity index (χ1n) is 6.00. The second-order valence-electron chi connectivity index (χ2n) is 4.46. The fraction of sp³-hybridized carbons (Fsp3) is 0.0714. The van der Waals surface area contributed by atoms with Crippen molar-refractivity contribution in [1.82, 2.24) is 9.78 Å². The molecular weight excluding hydrogens is 316 g/mol. The summed E-state index contributed by atoms with van der Waals surface area (Å²) in [6.45, 7) is 0. The van der Waals surface area contributed by atoms with E-state index in [-0.39, 0.29) is 10.6 Å². The van der Waals surface area contributed by atoms with E-state index in [0.29, 0.717) is 17.1 Å². The topological polar surface area (TPSA) is 43.8 Å². The number of rotatable bonds is 2. The van der Waals surface area contributed by atoms with Gasteiger partial charge in [-0.1, -0.05) is 17.7 Å². The van der Waals surface area contributed by atoms with Crippen molar-refractivity contribution in [3.05, 3.63) is 46.3 Å². The van der Waals surface area contributed by atoms with Crippen LogP contribution in [-0.4, -0.2) is 9.78 Å². The van der Waals surface area contributed by atoms with Crippen LogP contribution < -0.4 is 5.73 Å². The molecule has 0 aliphatic carbocycles. The first kappa shape index (κ1) is 14.0. The Morgan fingerprint density at radius 2 is 2.05 bits per heavy atom. The highest BCUT2D eigenvalue weighted by atomic mass is 35.5. The molecular formula is C14H10ClF2N3S. The maximum absolute atomic E-state index is 14.1. The Morgan fingerprint density at radius 3 is 2.71 bits per heavy atom. The van der Waals surface area contributed by atoms with Gasteiger partial charge in [0.2, 0.25) is 0 Å². The van der Waals surface area contributed by atoms with Gasteiger partial charge in [0.05, 0.1) is 10.6 Å². The number of thiophene rings is 1. The van der Waals surface area contributed by atoms with Gasteiger partial charge >= 0.3 is 0 Å². The molecule has 0 atom stereocenters. The average Bonchev–Trinajstić information content (AvgIpc) is 3.04. The summed E-state index contributed by atoms with van der Waals surface area (Å²) < 4.78 is 29.2. The molecule has 3 aromatic rings. The molecule has 3 nitrogen and oxygen atoms in total. The minimum absolute atomic E-state index is 0.0348. The standard InChI is InChI=1S/C14H10ClF2N3S/c1-20-14(18)12(11-3-2-4-21-11)13(19-20)7-5-10(17)8(15)6-9(7)16/h2-6H,18H2,1H3. The average molecular weight is 326 g/mol. The number of benzene rings is 1. The Hall–Kier alpha value is -1.92. The van der Waals surface area contributed by atoms with Gasteiger partial charge in [0.15, 0.2) is 0 Å². The Balaban J connectivity index is 2.29. The molecule has 7 heteroatoms. The third-order valence-electron chi connectivity index (χ3n) is 3.12. The van der Waals surface area contributed by atoms with Crippen molar-refractivity contribution >= 4 is 28.8 Å². The molecule has 0 bridgehead atoms. The normalized spacial score (nSPS) is 11.0. The summed E-state index contributed by atoms with van der Waals surface area (Å²) in [6, 6.07) is 5.69. The van der Waals surface area contributed by atoms with Crippen LogP contribution in [0.5, 0.6) is 0 Å². The van der Waals surface area contributed by atoms with Gasteiger partial charge in [0.25, 0.3) is 0 Å². The second-order valence-corrected chi connectivity index (χ2v) is 5.81. The lowest BCUT2D eigenvalue weighted by atomic mass is 10.1. The molecule has 0 aliphatic rings. The van der Waals surface area contributed by atoms with Gasteiger partial charge in [-0.3, -0.25) is 4.68 Å². The molecule has 3 rings (SSSR count). The van der Waals surface area contributed by atoms with Crippen molar-refractivity contribution in [2.75, 3.05) is 5.73 Å². The van der Waals surface area contributed by atoms with E-state index < -0.39 is 11.6 Å². The predicted molar refractivity (Wildman–Crippen MR) is 81.3 cm³/mol. The van der Waals surface area contributed by atoms with E-state index in [1.54, 1.807) is 7.05 Å². The molecule has 0 aliphatic heterocycles. The summed E-state index contributed by atoms with van der Waals surface area (Å²) >= 11 is 7.04. The monoisotopic (exact) mass is 325 g/mol. The van der Waals surface area contributed by atoms with Crippen LogP contribution >= 0.6 is 22.9 Å². The first-order chi connectivity index (χ1) is 9.99. The summed E-state index contributed by atoms with van der Waals surface area (Å²) in [4.78, 5) is 0.838. The van der Waals surface area contributed by atoms with Gasteiger partial charge < -0.3 is 5.73 Å². The summed E-state index contributed by atoms with van der Waals surface area (Å²) in [5.74, 6) is -0.950. The molecule has 0 saturated heterocycles. The molecule has 0 unspecified atom stereocenters. The number of aryl methyl sites for hydroxylation is 1. The highest BCUT2D eigenvalue weighted by Gasteiger charge is 2.21. The van der Waals surface area contributed by atoms with E-state index >= 15 is 0 Å². The number of anilines is 1. The van der Waals surface area contributed by atoms with Crippen molar-refractivity contribution in [3.63, 3.8) is 0 Å². The van der Waals surface area contributed by atoms with Gasteiger partial charge in [-0.15, -0.1) is 11.3 Å². The number of nitrogen functional groups attached to an aromatic ring is 1. The zero-order valence-corrected chi connectivity index (χ0v) is 12.5. The largest absolute Gasteiger partial charge is 0.383 e. The quantitative estimate of drug-likeness (QED) is 0.713. The SMILES string of the molecule is Cn1nc(-c2cc(F)c(Cl)cc2F)c(-c2cccs2)c1N. The number of nitrogens with two attached hydrogens (primary N) is 1. The van der Waals surface area contributed by atoms with Crippen LogP contribution in [0.2, 0.25) is 5.02 Å². The highest BCUT2D eigenvalue weighted by Crippen LogP contribution is 2.39. The van der Waals surface area contributed by atoms with Crippen LogP contribution in [0, 0.1) is 11.6 Å². The van der Waals surface area contributed by atoms with Gasteiger partial charge in [-0.05, 0) is 23.6 Å². The van der Waals surface area contributed by atoms with Crippen LogP contribution in [-0.2, 0) is 7.05 Å². The predicted octanol–water partition coefficient (Wildman–Crippen LogP) is 4.33. The van der Waals surface area contributed by atoms with E-state index in [9.17, 15) is 8.78 Å². The zero-order valence-electron chi connectivity index (χ0n) is 10.9. The number of aromatic nitrogens is 2. The van der Waals surface area contributed by atoms with Crippen molar-refractivity contribution in [2.45, 2.75) is 0 Å². The summed E-state index contributed by atoms with van der Waals surface area (Å²) in [5, 5.41) is 5.83. The first-order valence-corrected chi connectivity index (χ1v) is 7.26. The van der Waals surface area contributed by atoms with E-state index in [2.05, 4.69) is 5.10 Å². The lowest BCUT2D eigenvalue weighted by Gasteiger charge is -2.04. The minimum Gasteiger partial charge on any atom is -0.383 e. The van der Waals surface area contributed by atoms with E-state index in [1.807, 2.05) is 17.5 Å². The van der Waals surface area contributed by atoms with Crippen LogP contribution in [0.15, 0.2) is 29.6 Å². The Morgan fingerprint density at radius 1 is 1.29 bits per heavy atom. The lowest BCUT2D eigenvalue weighted by Crippen LogP contribution is -1.97. The maximum Gasteiger partial charge on any atom is 0.142 e. The van der Waals surface area contributed by atoms with E-state index in [4.69, 9.17) is 17.3 Å². The maximum atomic E-state index is 14.1. The Labute approximate surface area is 128 Å². The second kappa shape index (κ2) is 5.13. The van der Waals surface area contributed by atoms with Gasteiger partial charge in [-0.2, -0.15) is 5.10 Å². The summed E-state index contributed by atoms with van der Waals surface area (Å²) in [6.07, 6.45) is 0. The van der Waals surface area contributed by atoms with Crippen LogP contribution in [0.4, 0.5) is 14.6 Å². The van der Waals surface area contributed by atoms with Crippen molar-refractivity contribution < 1.29 is 8.78 Å². The fourth-order valence-electron chi connectivity index (χ4n) is 2.09. The van der Waals surface area contributed by atoms with Crippen LogP contribution in [0.3, 0.4) is 0 Å². The van der Waals surface area contributed by atoms with Crippen molar-refractivity contribution in [1.29, 1.82) is 0 Å². The van der Waals surface area contributed by atoms with Crippen LogP contribution in [0.25, 0.3) is 21.7 Å². The fourth-order valence-corrected chi connectivity index (χ4v) is 3.02. The molecule has 21 heavy (non-hydrogen) atoms. The number of halogens is 3. The molecule has 108 valence electrons. The van der Waals surface area contributed by atoms with Crippen molar-refractivity contribution in [3.8, 4) is 21.7 Å². The lowest BCUT2D eigenvalue weighted by molar-refractivity contribution is 0.602. The van der Waals surface area contributed by atoms with Gasteiger partial charge in [0.1, 0.15) is 23.1 Å². The van der Waals surface area contributed by atoms with Crippen molar-refractivity contribution in [2.24, 2.45) is 7.05 Å². The minimum atomic E-state index is -0.700. The summed E-state index contributed by atoms with van der Waals surface area (Å²) in [7, 11) is 1.65. The molecule has 0 saturated carbocycles. The molecule has 0 radical (unpaired) electrons. The number of hydrogen-bond donors (Lipinski definition) is 1. The Bertz CT molecular complexity index is 812. The van der Waals surface area contributed by atoms with Gasteiger partial charge in [0, 0.05) is 17.5 Å². The Kier molecular flexibility index (Phi) is 3.43. The number of hydrogen-bond acceptors (Lipinski definition) is 3. The smallest absolute Gasteiger partial charge is 0.142 e. The third kappa shape index (κ3) is 2.30.